The second-order valence-electron chi connectivity index (χ2n) is 8.65. The molecule has 5 nitrogen and oxygen atoms in total. The molecule has 7 heteroatoms. The zero-order valence-corrected chi connectivity index (χ0v) is 20.0. The molecule has 1 saturated carbocycles. The molecular formula is C28H23FN4OS. The van der Waals surface area contributed by atoms with Gasteiger partial charge in [-0.2, -0.15) is 5.10 Å². The largest absolute Gasteiger partial charge is 0.493 e. The van der Waals surface area contributed by atoms with Crippen LogP contribution in [0.25, 0.3) is 39.3 Å². The molecule has 1 aliphatic rings. The molecule has 0 N–H and O–H groups in total. The Hall–Kier alpha value is -3.71. The van der Waals surface area contributed by atoms with Crippen molar-refractivity contribution in [3.05, 3.63) is 84.8 Å². The molecule has 0 aliphatic heterocycles. The van der Waals surface area contributed by atoms with E-state index in [0.29, 0.717) is 11.1 Å². The summed E-state index contributed by atoms with van der Waals surface area (Å²) in [6.07, 6.45) is 6.26. The van der Waals surface area contributed by atoms with Crippen LogP contribution in [0.4, 0.5) is 4.39 Å². The van der Waals surface area contributed by atoms with Crippen LogP contribution >= 0.6 is 11.8 Å². The first-order valence-corrected chi connectivity index (χ1v) is 12.8. The van der Waals surface area contributed by atoms with Crippen molar-refractivity contribution in [3.8, 4) is 39.5 Å². The summed E-state index contributed by atoms with van der Waals surface area (Å²) in [5, 5.41) is 5.74. The third-order valence-electron chi connectivity index (χ3n) is 6.18. The van der Waals surface area contributed by atoms with Gasteiger partial charge in [0.1, 0.15) is 17.3 Å². The smallest absolute Gasteiger partial charge is 0.187 e. The van der Waals surface area contributed by atoms with Crippen molar-refractivity contribution in [1.29, 1.82) is 0 Å². The number of pyridine rings is 1. The van der Waals surface area contributed by atoms with Gasteiger partial charge >= 0.3 is 0 Å². The summed E-state index contributed by atoms with van der Waals surface area (Å²) in [7, 11) is 0. The van der Waals surface area contributed by atoms with Gasteiger partial charge in [-0.1, -0.05) is 17.8 Å². The summed E-state index contributed by atoms with van der Waals surface area (Å²) < 4.78 is 21.4. The Bertz CT molecular complexity index is 1490. The quantitative estimate of drug-likeness (QED) is 0.189. The van der Waals surface area contributed by atoms with E-state index in [1.165, 1.54) is 36.7 Å². The summed E-state index contributed by atoms with van der Waals surface area (Å²) in [5.41, 5.74) is 6.20. The molecule has 0 spiro atoms. The van der Waals surface area contributed by atoms with E-state index in [4.69, 9.17) is 14.8 Å². The van der Waals surface area contributed by atoms with Gasteiger partial charge in [0.15, 0.2) is 5.16 Å². The average Bonchev–Trinajstić information content (AvgIpc) is 3.65. The van der Waals surface area contributed by atoms with Gasteiger partial charge in [-0.3, -0.25) is 0 Å². The number of hydrogen-bond donors (Lipinski definition) is 0. The SMILES string of the molecule is CSc1nccc(-c2c(-c3ccc(OCC4CC4)cc3)nn3c(-c4ccc(F)cc4)cccc23)n1. The molecular weight excluding hydrogens is 459 g/mol. The van der Waals surface area contributed by atoms with Crippen LogP contribution in [0.3, 0.4) is 0 Å². The third-order valence-corrected chi connectivity index (χ3v) is 6.74. The zero-order valence-electron chi connectivity index (χ0n) is 19.2. The van der Waals surface area contributed by atoms with Gasteiger partial charge in [-0.05, 0) is 91.7 Å². The Balaban J connectivity index is 1.51. The number of fused-ring (bicyclic) bond motifs is 1. The van der Waals surface area contributed by atoms with Gasteiger partial charge in [0.2, 0.25) is 0 Å². The number of hydrogen-bond acceptors (Lipinski definition) is 5. The van der Waals surface area contributed by atoms with E-state index in [1.54, 1.807) is 18.3 Å². The van der Waals surface area contributed by atoms with Gasteiger partial charge in [0.05, 0.1) is 29.1 Å². The highest BCUT2D eigenvalue weighted by Gasteiger charge is 2.22. The van der Waals surface area contributed by atoms with Crippen molar-refractivity contribution in [2.45, 2.75) is 18.0 Å². The molecule has 35 heavy (non-hydrogen) atoms. The van der Waals surface area contributed by atoms with Gasteiger partial charge in [0, 0.05) is 17.3 Å². The summed E-state index contributed by atoms with van der Waals surface area (Å²) in [6.45, 7) is 0.776. The Labute approximate surface area is 207 Å². The fraction of sp³-hybridized carbons (Fsp3) is 0.179. The lowest BCUT2D eigenvalue weighted by atomic mass is 10.0. The molecule has 6 rings (SSSR count). The predicted molar refractivity (Wildman–Crippen MR) is 137 cm³/mol. The van der Waals surface area contributed by atoms with E-state index in [0.717, 1.165) is 51.6 Å². The topological polar surface area (TPSA) is 52.3 Å². The van der Waals surface area contributed by atoms with E-state index in [2.05, 4.69) is 4.98 Å². The summed E-state index contributed by atoms with van der Waals surface area (Å²) in [6, 6.07) is 22.5. The monoisotopic (exact) mass is 482 g/mol. The molecule has 0 saturated heterocycles. The van der Waals surface area contributed by atoms with Crippen molar-refractivity contribution in [1.82, 2.24) is 19.6 Å². The van der Waals surface area contributed by atoms with Crippen molar-refractivity contribution >= 4 is 17.3 Å². The van der Waals surface area contributed by atoms with E-state index >= 15 is 0 Å². The first-order chi connectivity index (χ1) is 17.2. The maximum atomic E-state index is 13.6. The maximum absolute atomic E-state index is 13.6. The average molecular weight is 483 g/mol. The molecule has 0 unspecified atom stereocenters. The van der Waals surface area contributed by atoms with Crippen molar-refractivity contribution in [2.24, 2.45) is 5.92 Å². The van der Waals surface area contributed by atoms with Crippen molar-refractivity contribution < 1.29 is 9.13 Å². The number of benzene rings is 2. The Morgan fingerprint density at radius 2 is 1.74 bits per heavy atom. The van der Waals surface area contributed by atoms with Crippen molar-refractivity contribution in [3.63, 3.8) is 0 Å². The van der Waals surface area contributed by atoms with E-state index in [1.807, 2.05) is 59.3 Å². The Morgan fingerprint density at radius 3 is 2.49 bits per heavy atom. The predicted octanol–water partition coefficient (Wildman–Crippen LogP) is 6.78. The van der Waals surface area contributed by atoms with Crippen LogP contribution in [-0.4, -0.2) is 32.4 Å². The van der Waals surface area contributed by atoms with E-state index in [-0.39, 0.29) is 5.82 Å². The highest BCUT2D eigenvalue weighted by atomic mass is 32.2. The first-order valence-electron chi connectivity index (χ1n) is 11.6. The van der Waals surface area contributed by atoms with Crippen LogP contribution in [0.5, 0.6) is 5.75 Å². The number of nitrogens with zero attached hydrogens (tertiary/aromatic N) is 4. The molecule has 1 aliphatic carbocycles. The Kier molecular flexibility index (Phi) is 5.70. The lowest BCUT2D eigenvalue weighted by Crippen LogP contribution is -1.98. The number of halogens is 1. The van der Waals surface area contributed by atoms with Crippen LogP contribution in [0.15, 0.2) is 84.1 Å². The number of aromatic nitrogens is 4. The molecule has 0 radical (unpaired) electrons. The second kappa shape index (κ2) is 9.15. The van der Waals surface area contributed by atoms with Crippen LogP contribution in [-0.2, 0) is 0 Å². The van der Waals surface area contributed by atoms with Crippen LogP contribution in [0.1, 0.15) is 12.8 Å². The van der Waals surface area contributed by atoms with Gasteiger partial charge in [-0.15, -0.1) is 0 Å². The van der Waals surface area contributed by atoms with Gasteiger partial charge < -0.3 is 4.74 Å². The molecule has 2 aromatic carbocycles. The lowest BCUT2D eigenvalue weighted by molar-refractivity contribution is 0.300. The summed E-state index contributed by atoms with van der Waals surface area (Å²) >= 11 is 1.50. The number of thioether (sulfide) groups is 1. The highest BCUT2D eigenvalue weighted by molar-refractivity contribution is 7.98. The highest BCUT2D eigenvalue weighted by Crippen LogP contribution is 2.37. The van der Waals surface area contributed by atoms with Crippen LogP contribution in [0.2, 0.25) is 0 Å². The minimum Gasteiger partial charge on any atom is -0.493 e. The van der Waals surface area contributed by atoms with Crippen molar-refractivity contribution in [2.75, 3.05) is 12.9 Å². The van der Waals surface area contributed by atoms with Gasteiger partial charge in [-0.25, -0.2) is 18.9 Å². The maximum Gasteiger partial charge on any atom is 0.187 e. The van der Waals surface area contributed by atoms with Gasteiger partial charge in [0.25, 0.3) is 0 Å². The van der Waals surface area contributed by atoms with E-state index < -0.39 is 0 Å². The lowest BCUT2D eigenvalue weighted by Gasteiger charge is -2.07. The zero-order chi connectivity index (χ0) is 23.8. The van der Waals surface area contributed by atoms with Crippen LogP contribution in [0, 0.1) is 11.7 Å². The molecule has 1 fully saturated rings. The molecule has 5 aromatic rings. The molecule has 3 aromatic heterocycles. The third kappa shape index (κ3) is 4.39. The molecule has 0 amide bonds. The normalized spacial score (nSPS) is 13.3. The minimum absolute atomic E-state index is 0.266. The fourth-order valence-corrected chi connectivity index (χ4v) is 4.51. The van der Waals surface area contributed by atoms with Crippen LogP contribution < -0.4 is 4.74 Å². The second-order valence-corrected chi connectivity index (χ2v) is 9.42. The number of ether oxygens (including phenoxy) is 1. The molecule has 174 valence electrons. The number of rotatable bonds is 7. The summed E-state index contributed by atoms with van der Waals surface area (Å²) in [5.74, 6) is 1.30. The van der Waals surface area contributed by atoms with E-state index in [9.17, 15) is 4.39 Å². The fourth-order valence-electron chi connectivity index (χ4n) is 4.15. The molecule has 0 bridgehead atoms. The molecule has 3 heterocycles. The first kappa shape index (κ1) is 21.8. The molecule has 0 atom stereocenters. The standard InChI is InChI=1S/C28H23FN4OS/c1-35-28-30-16-15-23(31-28)26-25-4-2-3-24(19-7-11-21(29)12-8-19)33(25)32-27(26)20-9-13-22(14-10-20)34-17-18-5-6-18/h2-4,7-16,18H,5-6,17H2,1H3. The Morgan fingerprint density at radius 1 is 0.971 bits per heavy atom. The minimum atomic E-state index is -0.266. The summed E-state index contributed by atoms with van der Waals surface area (Å²) in [4.78, 5) is 9.13.